The van der Waals surface area contributed by atoms with Gasteiger partial charge in [-0.1, -0.05) is 45.0 Å². The Morgan fingerprint density at radius 2 is 1.79 bits per heavy atom. The summed E-state index contributed by atoms with van der Waals surface area (Å²) in [5, 5.41) is 15.1. The van der Waals surface area contributed by atoms with Gasteiger partial charge in [-0.15, -0.1) is 10.2 Å². The van der Waals surface area contributed by atoms with Crippen molar-refractivity contribution in [3.05, 3.63) is 47.0 Å². The van der Waals surface area contributed by atoms with E-state index < -0.39 is 0 Å². The highest BCUT2D eigenvalue weighted by Gasteiger charge is 2.12. The fraction of sp³-hybridized carbons (Fsp3) is 0.591. The van der Waals surface area contributed by atoms with Gasteiger partial charge in [0.15, 0.2) is 11.8 Å². The SMILES string of the molecule is COCCCNC(=NCc1nnc(C)n1C)NCCc1ccc(C(C)(C)C)cc1. The highest BCUT2D eigenvalue weighted by molar-refractivity contribution is 5.79. The number of methoxy groups -OCH3 is 1. The molecule has 29 heavy (non-hydrogen) atoms. The summed E-state index contributed by atoms with van der Waals surface area (Å²) in [5.41, 5.74) is 2.85. The van der Waals surface area contributed by atoms with Gasteiger partial charge < -0.3 is 19.9 Å². The second-order valence-electron chi connectivity index (χ2n) is 8.28. The Morgan fingerprint density at radius 1 is 1.10 bits per heavy atom. The lowest BCUT2D eigenvalue weighted by Crippen LogP contribution is -2.39. The number of ether oxygens (including phenoxy) is 1. The Hall–Kier alpha value is -2.41. The fourth-order valence-electron chi connectivity index (χ4n) is 2.83. The van der Waals surface area contributed by atoms with Crippen molar-refractivity contribution in [1.29, 1.82) is 0 Å². The highest BCUT2D eigenvalue weighted by atomic mass is 16.5. The maximum Gasteiger partial charge on any atom is 0.191 e. The van der Waals surface area contributed by atoms with Gasteiger partial charge in [-0.25, -0.2) is 4.99 Å². The summed E-state index contributed by atoms with van der Waals surface area (Å²) in [6, 6.07) is 8.88. The molecule has 0 unspecified atom stereocenters. The number of guanidine groups is 1. The van der Waals surface area contributed by atoms with Crippen molar-refractivity contribution >= 4 is 5.96 Å². The lowest BCUT2D eigenvalue weighted by Gasteiger charge is -2.19. The average molecular weight is 401 g/mol. The minimum absolute atomic E-state index is 0.181. The first-order valence-electron chi connectivity index (χ1n) is 10.3. The summed E-state index contributed by atoms with van der Waals surface area (Å²) in [6.45, 7) is 11.5. The fourth-order valence-corrected chi connectivity index (χ4v) is 2.83. The lowest BCUT2D eigenvalue weighted by atomic mass is 9.86. The third-order valence-corrected chi connectivity index (χ3v) is 4.91. The van der Waals surface area contributed by atoms with Gasteiger partial charge in [-0.2, -0.15) is 0 Å². The average Bonchev–Trinajstić information content (AvgIpc) is 3.00. The summed E-state index contributed by atoms with van der Waals surface area (Å²) in [4.78, 5) is 4.67. The van der Waals surface area contributed by atoms with Crippen molar-refractivity contribution in [2.45, 2.75) is 52.5 Å². The molecule has 0 fully saturated rings. The quantitative estimate of drug-likeness (QED) is 0.385. The van der Waals surface area contributed by atoms with Crippen molar-refractivity contribution in [2.75, 3.05) is 26.8 Å². The smallest absolute Gasteiger partial charge is 0.191 e. The van der Waals surface area contributed by atoms with Crippen molar-refractivity contribution in [3.8, 4) is 0 Å². The lowest BCUT2D eigenvalue weighted by molar-refractivity contribution is 0.195. The van der Waals surface area contributed by atoms with Crippen molar-refractivity contribution < 1.29 is 4.74 Å². The predicted octanol–water partition coefficient (Wildman–Crippen LogP) is 2.74. The Labute approximate surface area is 175 Å². The van der Waals surface area contributed by atoms with E-state index in [1.165, 1.54) is 11.1 Å². The molecular weight excluding hydrogens is 364 g/mol. The number of rotatable bonds is 9. The monoisotopic (exact) mass is 400 g/mol. The van der Waals surface area contributed by atoms with Gasteiger partial charge in [0.05, 0.1) is 0 Å². The number of hydrogen-bond acceptors (Lipinski definition) is 4. The first kappa shape index (κ1) is 22.9. The number of aromatic nitrogens is 3. The van der Waals surface area contributed by atoms with Gasteiger partial charge >= 0.3 is 0 Å². The third-order valence-electron chi connectivity index (χ3n) is 4.91. The van der Waals surface area contributed by atoms with Crippen LogP contribution in [0.15, 0.2) is 29.3 Å². The second-order valence-corrected chi connectivity index (χ2v) is 8.28. The number of aryl methyl sites for hydroxylation is 1. The second kappa shape index (κ2) is 11.0. The van der Waals surface area contributed by atoms with E-state index in [2.05, 4.69) is 70.9 Å². The normalized spacial score (nSPS) is 12.3. The van der Waals surface area contributed by atoms with Crippen LogP contribution in [-0.4, -0.2) is 47.5 Å². The van der Waals surface area contributed by atoms with Gasteiger partial charge in [0.25, 0.3) is 0 Å². The minimum Gasteiger partial charge on any atom is -0.385 e. The molecule has 2 aromatic rings. The first-order chi connectivity index (χ1) is 13.8. The number of aliphatic imine (C=N–C) groups is 1. The zero-order valence-electron chi connectivity index (χ0n) is 18.7. The molecule has 2 N–H and O–H groups in total. The van der Waals surface area contributed by atoms with E-state index in [4.69, 9.17) is 4.74 Å². The number of hydrogen-bond donors (Lipinski definition) is 2. The molecule has 0 saturated carbocycles. The van der Waals surface area contributed by atoms with E-state index >= 15 is 0 Å². The van der Waals surface area contributed by atoms with Gasteiger partial charge in [-0.05, 0) is 36.3 Å². The van der Waals surface area contributed by atoms with Crippen LogP contribution in [0.3, 0.4) is 0 Å². The molecule has 0 saturated heterocycles. The van der Waals surface area contributed by atoms with E-state index in [-0.39, 0.29) is 5.41 Å². The molecule has 0 aliphatic rings. The largest absolute Gasteiger partial charge is 0.385 e. The van der Waals surface area contributed by atoms with Gasteiger partial charge in [0.2, 0.25) is 0 Å². The zero-order valence-corrected chi connectivity index (χ0v) is 18.7. The Bertz CT molecular complexity index is 774. The molecule has 0 atom stereocenters. The molecule has 0 aliphatic carbocycles. The summed E-state index contributed by atoms with van der Waals surface area (Å²) in [6.07, 6.45) is 1.86. The maximum absolute atomic E-state index is 5.12. The van der Waals surface area contributed by atoms with Crippen LogP contribution in [0.1, 0.15) is 50.0 Å². The van der Waals surface area contributed by atoms with Crippen LogP contribution in [0.5, 0.6) is 0 Å². The van der Waals surface area contributed by atoms with Crippen LogP contribution in [-0.2, 0) is 30.2 Å². The van der Waals surface area contributed by atoms with Crippen LogP contribution in [0.4, 0.5) is 0 Å². The molecule has 2 rings (SSSR count). The Balaban J connectivity index is 1.92. The van der Waals surface area contributed by atoms with E-state index in [0.29, 0.717) is 6.54 Å². The van der Waals surface area contributed by atoms with Crippen LogP contribution < -0.4 is 10.6 Å². The topological polar surface area (TPSA) is 76.4 Å². The maximum atomic E-state index is 5.12. The number of nitrogens with one attached hydrogen (secondary N) is 2. The van der Waals surface area contributed by atoms with Crippen molar-refractivity contribution in [1.82, 2.24) is 25.4 Å². The summed E-state index contributed by atoms with van der Waals surface area (Å²) >= 11 is 0. The van der Waals surface area contributed by atoms with E-state index in [1.807, 2.05) is 18.5 Å². The molecular formula is C22H36N6O. The molecule has 1 aromatic heterocycles. The molecule has 0 amide bonds. The van der Waals surface area contributed by atoms with E-state index in [0.717, 1.165) is 50.1 Å². The van der Waals surface area contributed by atoms with Gasteiger partial charge in [-0.3, -0.25) is 0 Å². The van der Waals surface area contributed by atoms with E-state index in [1.54, 1.807) is 7.11 Å². The molecule has 0 radical (unpaired) electrons. The predicted molar refractivity (Wildman–Crippen MR) is 118 cm³/mol. The van der Waals surface area contributed by atoms with Crippen LogP contribution >= 0.6 is 0 Å². The molecule has 1 aromatic carbocycles. The first-order valence-corrected chi connectivity index (χ1v) is 10.3. The van der Waals surface area contributed by atoms with E-state index in [9.17, 15) is 0 Å². The van der Waals surface area contributed by atoms with Crippen molar-refractivity contribution in [3.63, 3.8) is 0 Å². The molecule has 0 aliphatic heterocycles. The van der Waals surface area contributed by atoms with Gasteiger partial charge in [0.1, 0.15) is 12.4 Å². The highest BCUT2D eigenvalue weighted by Crippen LogP contribution is 2.22. The van der Waals surface area contributed by atoms with Crippen LogP contribution in [0.2, 0.25) is 0 Å². The third kappa shape index (κ3) is 7.49. The van der Waals surface area contributed by atoms with Crippen molar-refractivity contribution in [2.24, 2.45) is 12.0 Å². The molecule has 0 bridgehead atoms. The molecule has 7 heteroatoms. The number of benzene rings is 1. The molecule has 1 heterocycles. The minimum atomic E-state index is 0.181. The summed E-state index contributed by atoms with van der Waals surface area (Å²) < 4.78 is 7.08. The van der Waals surface area contributed by atoms with Gasteiger partial charge in [0, 0.05) is 33.9 Å². The standard InChI is InChI=1S/C22H36N6O/c1-17-26-27-20(28(17)5)16-25-21(23-13-7-15-29-6)24-14-12-18-8-10-19(11-9-18)22(2,3)4/h8-11H,7,12-16H2,1-6H3,(H2,23,24,25). The Kier molecular flexibility index (Phi) is 8.64. The molecule has 0 spiro atoms. The molecule has 7 nitrogen and oxygen atoms in total. The van der Waals surface area contributed by atoms with Crippen LogP contribution in [0.25, 0.3) is 0 Å². The Morgan fingerprint density at radius 3 is 2.38 bits per heavy atom. The van der Waals surface area contributed by atoms with Crippen LogP contribution in [0, 0.1) is 6.92 Å². The zero-order chi connectivity index (χ0) is 21.3. The molecule has 160 valence electrons. The number of nitrogens with zero attached hydrogens (tertiary/aromatic N) is 4. The summed E-state index contributed by atoms with van der Waals surface area (Å²) in [7, 11) is 3.68. The summed E-state index contributed by atoms with van der Waals surface area (Å²) in [5.74, 6) is 2.52.